The summed E-state index contributed by atoms with van der Waals surface area (Å²) in [5, 5.41) is 7.05. The largest absolute Gasteiger partial charge is 0.338 e. The van der Waals surface area contributed by atoms with Gasteiger partial charge in [0, 0.05) is 36.7 Å². The predicted octanol–water partition coefficient (Wildman–Crippen LogP) is 2.87. The van der Waals surface area contributed by atoms with Crippen LogP contribution < -0.4 is 0 Å². The van der Waals surface area contributed by atoms with Gasteiger partial charge in [-0.1, -0.05) is 26.0 Å². The molecular weight excluding hydrogens is 293 g/mol. The highest BCUT2D eigenvalue weighted by Crippen LogP contribution is 2.65. The third kappa shape index (κ3) is 2.26. The fraction of sp³-hybridized carbons (Fsp3) is 0.444. The number of benzene rings is 1. The number of nitrogens with one attached hydrogen (secondary N) is 1. The number of halogens is 1. The summed E-state index contributed by atoms with van der Waals surface area (Å²) in [6.07, 6.45) is 2.64. The molecule has 2 atom stereocenters. The number of H-pyrrole nitrogens is 1. The molecule has 1 aliphatic heterocycles. The van der Waals surface area contributed by atoms with Gasteiger partial charge in [0.25, 0.3) is 0 Å². The Morgan fingerprint density at radius 1 is 1.35 bits per heavy atom. The summed E-state index contributed by atoms with van der Waals surface area (Å²) in [6, 6.07) is 6.56. The van der Waals surface area contributed by atoms with Crippen molar-refractivity contribution in [1.82, 2.24) is 15.1 Å². The minimum absolute atomic E-state index is 0.0265. The van der Waals surface area contributed by atoms with Crippen molar-refractivity contribution in [3.8, 4) is 0 Å². The average molecular weight is 313 g/mol. The standard InChI is InChI=1S/C18H20FN3O/c1-18(2)15(11-3-5-13(19)6-4-11)16(18)17(23)22-8-7-14-12(10-22)9-20-21-14/h3-6,9,15-16H,7-8,10H2,1-2H3,(H,20,21). The van der Waals surface area contributed by atoms with Gasteiger partial charge in [0.1, 0.15) is 5.82 Å². The SMILES string of the molecule is CC1(C)C(C(=O)N2CCc3[nH]ncc3C2)C1c1ccc(F)cc1. The minimum Gasteiger partial charge on any atom is -0.338 e. The first-order chi connectivity index (χ1) is 11.0. The molecule has 5 heteroatoms. The molecule has 23 heavy (non-hydrogen) atoms. The van der Waals surface area contributed by atoms with E-state index in [-0.39, 0.29) is 29.0 Å². The Kier molecular flexibility index (Phi) is 3.08. The van der Waals surface area contributed by atoms with Crippen LogP contribution in [0.2, 0.25) is 0 Å². The number of fused-ring (bicyclic) bond motifs is 1. The maximum Gasteiger partial charge on any atom is 0.227 e. The van der Waals surface area contributed by atoms with Gasteiger partial charge in [-0.2, -0.15) is 5.10 Å². The molecule has 0 saturated heterocycles. The Labute approximate surface area is 134 Å². The molecular formula is C18H20FN3O. The molecule has 2 aliphatic rings. The van der Waals surface area contributed by atoms with Crippen LogP contribution in [0.1, 0.15) is 36.6 Å². The van der Waals surface area contributed by atoms with Gasteiger partial charge in [0.15, 0.2) is 0 Å². The third-order valence-electron chi connectivity index (χ3n) is 5.43. The Hall–Kier alpha value is -2.17. The summed E-state index contributed by atoms with van der Waals surface area (Å²) in [6.45, 7) is 5.61. The van der Waals surface area contributed by atoms with Crippen molar-refractivity contribution in [3.05, 3.63) is 53.1 Å². The number of carbonyl (C=O) groups excluding carboxylic acids is 1. The zero-order valence-electron chi connectivity index (χ0n) is 13.3. The van der Waals surface area contributed by atoms with Crippen molar-refractivity contribution in [1.29, 1.82) is 0 Å². The molecule has 1 aliphatic carbocycles. The first-order valence-corrected chi connectivity index (χ1v) is 8.04. The van der Waals surface area contributed by atoms with E-state index < -0.39 is 0 Å². The first-order valence-electron chi connectivity index (χ1n) is 8.04. The quantitative estimate of drug-likeness (QED) is 0.927. The molecule has 1 aromatic heterocycles. The maximum atomic E-state index is 13.1. The fourth-order valence-corrected chi connectivity index (χ4v) is 4.00. The Bertz CT molecular complexity index is 750. The lowest BCUT2D eigenvalue weighted by molar-refractivity contribution is -0.134. The molecule has 4 nitrogen and oxygen atoms in total. The Morgan fingerprint density at radius 3 is 2.83 bits per heavy atom. The number of rotatable bonds is 2. The van der Waals surface area contributed by atoms with Crippen molar-refractivity contribution < 1.29 is 9.18 Å². The van der Waals surface area contributed by atoms with E-state index >= 15 is 0 Å². The van der Waals surface area contributed by atoms with Crippen molar-refractivity contribution in [2.75, 3.05) is 6.54 Å². The summed E-state index contributed by atoms with van der Waals surface area (Å²) in [5.41, 5.74) is 3.22. The molecule has 2 unspecified atom stereocenters. The molecule has 1 N–H and O–H groups in total. The first kappa shape index (κ1) is 14.4. The van der Waals surface area contributed by atoms with Crippen LogP contribution in [0.25, 0.3) is 0 Å². The van der Waals surface area contributed by atoms with E-state index in [2.05, 4.69) is 24.0 Å². The molecule has 0 radical (unpaired) electrons. The van der Waals surface area contributed by atoms with Gasteiger partial charge in [-0.15, -0.1) is 0 Å². The lowest BCUT2D eigenvalue weighted by atomic mass is 10.0. The third-order valence-corrected chi connectivity index (χ3v) is 5.43. The van der Waals surface area contributed by atoms with Crippen molar-refractivity contribution in [2.45, 2.75) is 32.7 Å². The number of aromatic amines is 1. The number of nitrogens with zero attached hydrogens (tertiary/aromatic N) is 2. The number of hydrogen-bond acceptors (Lipinski definition) is 2. The van der Waals surface area contributed by atoms with Gasteiger partial charge in [-0.3, -0.25) is 9.89 Å². The minimum atomic E-state index is -0.237. The summed E-state index contributed by atoms with van der Waals surface area (Å²) in [7, 11) is 0. The van der Waals surface area contributed by atoms with Crippen molar-refractivity contribution in [3.63, 3.8) is 0 Å². The van der Waals surface area contributed by atoms with E-state index in [0.29, 0.717) is 6.54 Å². The van der Waals surface area contributed by atoms with Gasteiger partial charge in [0.2, 0.25) is 5.91 Å². The van der Waals surface area contributed by atoms with Gasteiger partial charge in [-0.25, -0.2) is 4.39 Å². The van der Waals surface area contributed by atoms with Crippen LogP contribution in [0.15, 0.2) is 30.5 Å². The monoisotopic (exact) mass is 313 g/mol. The van der Waals surface area contributed by atoms with Gasteiger partial charge in [-0.05, 0) is 23.1 Å². The highest BCUT2D eigenvalue weighted by atomic mass is 19.1. The van der Waals surface area contributed by atoms with Gasteiger partial charge >= 0.3 is 0 Å². The molecule has 4 rings (SSSR count). The lowest BCUT2D eigenvalue weighted by Crippen LogP contribution is -2.37. The number of carbonyl (C=O) groups is 1. The molecule has 2 heterocycles. The number of hydrogen-bond donors (Lipinski definition) is 1. The van der Waals surface area contributed by atoms with E-state index in [1.165, 1.54) is 12.1 Å². The van der Waals surface area contributed by atoms with E-state index in [0.717, 1.165) is 29.8 Å². The molecule has 0 spiro atoms. The highest BCUT2D eigenvalue weighted by Gasteiger charge is 2.63. The molecule has 1 fully saturated rings. The van der Waals surface area contributed by atoms with Crippen LogP contribution in [-0.4, -0.2) is 27.5 Å². The van der Waals surface area contributed by atoms with Crippen LogP contribution in [0.4, 0.5) is 4.39 Å². The van der Waals surface area contributed by atoms with E-state index in [9.17, 15) is 9.18 Å². The van der Waals surface area contributed by atoms with E-state index in [1.807, 2.05) is 11.1 Å². The van der Waals surface area contributed by atoms with Crippen LogP contribution in [0.5, 0.6) is 0 Å². The second-order valence-corrected chi connectivity index (χ2v) is 7.21. The lowest BCUT2D eigenvalue weighted by Gasteiger charge is -2.27. The van der Waals surface area contributed by atoms with Crippen LogP contribution in [0.3, 0.4) is 0 Å². The second-order valence-electron chi connectivity index (χ2n) is 7.21. The average Bonchev–Trinajstić information content (AvgIpc) is 2.89. The molecule has 1 aromatic carbocycles. The van der Waals surface area contributed by atoms with Crippen molar-refractivity contribution >= 4 is 5.91 Å². The number of amides is 1. The molecule has 2 aromatic rings. The zero-order chi connectivity index (χ0) is 16.2. The topological polar surface area (TPSA) is 49.0 Å². The normalized spacial score (nSPS) is 25.1. The van der Waals surface area contributed by atoms with Crippen LogP contribution in [-0.2, 0) is 17.8 Å². The molecule has 1 amide bonds. The summed E-state index contributed by atoms with van der Waals surface area (Å²) >= 11 is 0. The van der Waals surface area contributed by atoms with Crippen LogP contribution in [0, 0.1) is 17.2 Å². The Morgan fingerprint density at radius 2 is 2.09 bits per heavy atom. The molecule has 1 saturated carbocycles. The number of aromatic nitrogens is 2. The van der Waals surface area contributed by atoms with E-state index in [1.54, 1.807) is 12.1 Å². The summed E-state index contributed by atoms with van der Waals surface area (Å²) in [4.78, 5) is 14.9. The van der Waals surface area contributed by atoms with E-state index in [4.69, 9.17) is 0 Å². The predicted molar refractivity (Wildman–Crippen MR) is 84.1 cm³/mol. The van der Waals surface area contributed by atoms with Crippen molar-refractivity contribution in [2.24, 2.45) is 11.3 Å². The molecule has 0 bridgehead atoms. The summed E-state index contributed by atoms with van der Waals surface area (Å²) in [5.74, 6) is 0.109. The zero-order valence-corrected chi connectivity index (χ0v) is 13.3. The second kappa shape index (κ2) is 4.91. The summed E-state index contributed by atoms with van der Waals surface area (Å²) < 4.78 is 13.1. The van der Waals surface area contributed by atoms with Gasteiger partial charge < -0.3 is 4.90 Å². The molecule has 120 valence electrons. The van der Waals surface area contributed by atoms with Gasteiger partial charge in [0.05, 0.1) is 12.1 Å². The smallest absolute Gasteiger partial charge is 0.227 e. The Balaban J connectivity index is 1.54. The fourth-order valence-electron chi connectivity index (χ4n) is 4.00. The maximum absolute atomic E-state index is 13.1. The van der Waals surface area contributed by atoms with Crippen LogP contribution >= 0.6 is 0 Å². The highest BCUT2D eigenvalue weighted by molar-refractivity contribution is 5.85.